The summed E-state index contributed by atoms with van der Waals surface area (Å²) in [5.74, 6) is -0.872. The van der Waals surface area contributed by atoms with Crippen LogP contribution in [0.2, 0.25) is 0 Å². The average molecular weight is 337 g/mol. The average Bonchev–Trinajstić information content (AvgIpc) is 2.50. The third kappa shape index (κ3) is 4.84. The van der Waals surface area contributed by atoms with Gasteiger partial charge in [0.2, 0.25) is 5.91 Å². The molecule has 1 aromatic rings. The number of urea groups is 1. The summed E-state index contributed by atoms with van der Waals surface area (Å²) in [4.78, 5) is 23.8. The molecule has 3 amide bonds. The molecule has 0 radical (unpaired) electrons. The molecule has 7 heteroatoms. The van der Waals surface area contributed by atoms with Crippen LogP contribution in [0.15, 0.2) is 18.2 Å². The molecule has 1 aromatic carbocycles. The topological polar surface area (TPSA) is 93.4 Å². The lowest BCUT2D eigenvalue weighted by atomic mass is 9.84. The Labute approximate surface area is 140 Å². The maximum Gasteiger partial charge on any atom is 0.319 e. The highest BCUT2D eigenvalue weighted by atomic mass is 19.1. The van der Waals surface area contributed by atoms with Crippen LogP contribution in [-0.4, -0.2) is 24.1 Å². The molecule has 0 aliphatic heterocycles. The molecule has 0 spiro atoms. The van der Waals surface area contributed by atoms with Gasteiger partial charge in [-0.3, -0.25) is 4.79 Å². The monoisotopic (exact) mass is 337 g/mol. The fourth-order valence-electron chi connectivity index (χ4n) is 2.93. The minimum absolute atomic E-state index is 0.114. The van der Waals surface area contributed by atoms with Crippen molar-refractivity contribution < 1.29 is 18.7 Å². The van der Waals surface area contributed by atoms with E-state index in [1.807, 2.05) is 13.8 Å². The van der Waals surface area contributed by atoms with Crippen molar-refractivity contribution in [1.29, 1.82) is 0 Å². The molecule has 1 fully saturated rings. The quantitative estimate of drug-likeness (QED) is 0.771. The molecule has 6 nitrogen and oxygen atoms in total. The standard InChI is InChI=1S/C17H24FN3O3/c1-10(2)24-15-8-7-11(18)9-14(15)21-17(23)20-13-6-4-3-5-12(13)16(19)22/h7-10,12-13H,3-6H2,1-2H3,(H2,19,22)(H2,20,21,23)/t12-,13+/m1/s1. The lowest BCUT2D eigenvalue weighted by Crippen LogP contribution is -2.48. The number of benzene rings is 1. The SMILES string of the molecule is CC(C)Oc1ccc(F)cc1NC(=O)N[C@H]1CCCC[C@H]1C(N)=O. The van der Waals surface area contributed by atoms with Gasteiger partial charge in [-0.15, -0.1) is 0 Å². The molecule has 0 unspecified atom stereocenters. The molecular weight excluding hydrogens is 313 g/mol. The number of amides is 3. The number of rotatable bonds is 5. The molecule has 2 rings (SSSR count). The maximum atomic E-state index is 13.5. The third-order valence-electron chi connectivity index (χ3n) is 4.00. The van der Waals surface area contributed by atoms with Crippen LogP contribution in [-0.2, 0) is 4.79 Å². The minimum atomic E-state index is -0.507. The summed E-state index contributed by atoms with van der Waals surface area (Å²) in [7, 11) is 0. The molecule has 132 valence electrons. The smallest absolute Gasteiger partial charge is 0.319 e. The zero-order valence-electron chi connectivity index (χ0n) is 14.0. The van der Waals surface area contributed by atoms with Crippen LogP contribution in [0.3, 0.4) is 0 Å². The molecule has 0 heterocycles. The van der Waals surface area contributed by atoms with Crippen molar-refractivity contribution in [3.63, 3.8) is 0 Å². The predicted molar refractivity (Wildman–Crippen MR) is 89.3 cm³/mol. The number of carbonyl (C=O) groups is 2. The fraction of sp³-hybridized carbons (Fsp3) is 0.529. The van der Waals surface area contributed by atoms with Crippen molar-refractivity contribution >= 4 is 17.6 Å². The summed E-state index contributed by atoms with van der Waals surface area (Å²) in [6.07, 6.45) is 3.10. The first-order valence-corrected chi connectivity index (χ1v) is 8.20. The minimum Gasteiger partial charge on any atom is -0.489 e. The van der Waals surface area contributed by atoms with Gasteiger partial charge in [0.25, 0.3) is 0 Å². The van der Waals surface area contributed by atoms with Crippen molar-refractivity contribution in [3.05, 3.63) is 24.0 Å². The van der Waals surface area contributed by atoms with Crippen molar-refractivity contribution in [2.45, 2.75) is 51.7 Å². The Morgan fingerprint density at radius 3 is 2.67 bits per heavy atom. The van der Waals surface area contributed by atoms with E-state index in [4.69, 9.17) is 10.5 Å². The molecule has 1 aliphatic rings. The van der Waals surface area contributed by atoms with Gasteiger partial charge < -0.3 is 21.1 Å². The number of nitrogens with one attached hydrogen (secondary N) is 2. The van der Waals surface area contributed by atoms with E-state index in [2.05, 4.69) is 10.6 Å². The highest BCUT2D eigenvalue weighted by Crippen LogP contribution is 2.27. The van der Waals surface area contributed by atoms with E-state index in [9.17, 15) is 14.0 Å². The Morgan fingerprint density at radius 2 is 2.00 bits per heavy atom. The second kappa shape index (κ2) is 7.99. The number of halogens is 1. The Kier molecular flexibility index (Phi) is 6.00. The summed E-state index contributed by atoms with van der Waals surface area (Å²) >= 11 is 0. The number of carbonyl (C=O) groups excluding carboxylic acids is 2. The van der Waals surface area contributed by atoms with Gasteiger partial charge in [0.1, 0.15) is 11.6 Å². The highest BCUT2D eigenvalue weighted by molar-refractivity contribution is 5.91. The molecule has 1 aliphatic carbocycles. The molecule has 4 N–H and O–H groups in total. The molecule has 0 bridgehead atoms. The van der Waals surface area contributed by atoms with Gasteiger partial charge in [-0.05, 0) is 38.8 Å². The molecule has 0 aromatic heterocycles. The largest absolute Gasteiger partial charge is 0.489 e. The zero-order chi connectivity index (χ0) is 17.7. The van der Waals surface area contributed by atoms with E-state index < -0.39 is 17.8 Å². The van der Waals surface area contributed by atoms with Crippen molar-refractivity contribution in [2.24, 2.45) is 11.7 Å². The molecule has 2 atom stereocenters. The van der Waals surface area contributed by atoms with Gasteiger partial charge in [0.15, 0.2) is 0 Å². The van der Waals surface area contributed by atoms with Crippen LogP contribution < -0.4 is 21.1 Å². The summed E-state index contributed by atoms with van der Waals surface area (Å²) in [5, 5.41) is 5.37. The first kappa shape index (κ1) is 18.0. The first-order valence-electron chi connectivity index (χ1n) is 8.20. The highest BCUT2D eigenvalue weighted by Gasteiger charge is 2.30. The Balaban J connectivity index is 2.06. The number of primary amides is 1. The van der Waals surface area contributed by atoms with E-state index in [-0.39, 0.29) is 23.8 Å². The second-order valence-electron chi connectivity index (χ2n) is 6.31. The zero-order valence-corrected chi connectivity index (χ0v) is 14.0. The lowest BCUT2D eigenvalue weighted by Gasteiger charge is -2.30. The van der Waals surface area contributed by atoms with Crippen molar-refractivity contribution in [1.82, 2.24) is 5.32 Å². The molecule has 0 saturated heterocycles. The van der Waals surface area contributed by atoms with E-state index in [0.717, 1.165) is 12.8 Å². The number of nitrogens with two attached hydrogens (primary N) is 1. The number of hydrogen-bond donors (Lipinski definition) is 3. The number of anilines is 1. The van der Waals surface area contributed by atoms with Gasteiger partial charge in [0.05, 0.1) is 17.7 Å². The first-order chi connectivity index (χ1) is 11.4. The van der Waals surface area contributed by atoms with Crippen LogP contribution in [0.4, 0.5) is 14.9 Å². The summed E-state index contributed by atoms with van der Waals surface area (Å²) < 4.78 is 19.0. The molecular formula is C17H24FN3O3. The summed E-state index contributed by atoms with van der Waals surface area (Å²) in [6.45, 7) is 3.68. The van der Waals surface area contributed by atoms with E-state index in [1.165, 1.54) is 18.2 Å². The molecule has 24 heavy (non-hydrogen) atoms. The van der Waals surface area contributed by atoms with Gasteiger partial charge in [-0.2, -0.15) is 0 Å². The Bertz CT molecular complexity index is 607. The Morgan fingerprint density at radius 1 is 1.29 bits per heavy atom. The maximum absolute atomic E-state index is 13.5. The van der Waals surface area contributed by atoms with Gasteiger partial charge in [0, 0.05) is 12.1 Å². The van der Waals surface area contributed by atoms with Crippen LogP contribution in [0.25, 0.3) is 0 Å². The van der Waals surface area contributed by atoms with Crippen LogP contribution in [0.1, 0.15) is 39.5 Å². The summed E-state index contributed by atoms with van der Waals surface area (Å²) in [6, 6.07) is 3.12. The van der Waals surface area contributed by atoms with Gasteiger partial charge in [-0.1, -0.05) is 12.8 Å². The number of hydrogen-bond acceptors (Lipinski definition) is 3. The van der Waals surface area contributed by atoms with E-state index in [1.54, 1.807) is 0 Å². The van der Waals surface area contributed by atoms with Crippen LogP contribution in [0.5, 0.6) is 5.75 Å². The summed E-state index contributed by atoms with van der Waals surface area (Å²) in [5.41, 5.74) is 5.65. The van der Waals surface area contributed by atoms with Crippen molar-refractivity contribution in [3.8, 4) is 5.75 Å². The van der Waals surface area contributed by atoms with E-state index >= 15 is 0 Å². The normalized spacial score (nSPS) is 20.5. The third-order valence-corrected chi connectivity index (χ3v) is 4.00. The van der Waals surface area contributed by atoms with Crippen LogP contribution in [0, 0.1) is 11.7 Å². The lowest BCUT2D eigenvalue weighted by molar-refractivity contribution is -0.123. The van der Waals surface area contributed by atoms with E-state index in [0.29, 0.717) is 18.6 Å². The molecule has 1 saturated carbocycles. The van der Waals surface area contributed by atoms with Crippen molar-refractivity contribution in [2.75, 3.05) is 5.32 Å². The van der Waals surface area contributed by atoms with Gasteiger partial charge >= 0.3 is 6.03 Å². The fourth-order valence-corrected chi connectivity index (χ4v) is 2.93. The predicted octanol–water partition coefficient (Wildman–Crippen LogP) is 2.78. The Hall–Kier alpha value is -2.31. The second-order valence-corrected chi connectivity index (χ2v) is 6.31. The number of ether oxygens (including phenoxy) is 1. The van der Waals surface area contributed by atoms with Gasteiger partial charge in [-0.25, -0.2) is 9.18 Å². The van der Waals surface area contributed by atoms with Crippen LogP contribution >= 0.6 is 0 Å².